The number of benzene rings is 2. The Morgan fingerprint density at radius 2 is 1.91 bits per heavy atom. The molecule has 0 unspecified atom stereocenters. The minimum absolute atomic E-state index is 0.126. The van der Waals surface area contributed by atoms with Crippen LogP contribution in [-0.4, -0.2) is 17.6 Å². The SMILES string of the molecule is COc1cccc2c1cc(C(=O)Nc1cc(C)ccc1C)n2C. The van der Waals surface area contributed by atoms with Crippen molar-refractivity contribution in [3.63, 3.8) is 0 Å². The van der Waals surface area contributed by atoms with Crippen LogP contribution in [0.5, 0.6) is 5.75 Å². The minimum Gasteiger partial charge on any atom is -0.496 e. The number of hydrogen-bond donors (Lipinski definition) is 1. The van der Waals surface area contributed by atoms with Crippen LogP contribution >= 0.6 is 0 Å². The summed E-state index contributed by atoms with van der Waals surface area (Å²) in [6.45, 7) is 4.00. The van der Waals surface area contributed by atoms with Crippen molar-refractivity contribution >= 4 is 22.5 Å². The van der Waals surface area contributed by atoms with Crippen LogP contribution in [0, 0.1) is 13.8 Å². The number of anilines is 1. The third-order valence-corrected chi connectivity index (χ3v) is 4.14. The molecule has 4 heteroatoms. The fourth-order valence-electron chi connectivity index (χ4n) is 2.79. The number of carbonyl (C=O) groups is 1. The Labute approximate surface area is 135 Å². The van der Waals surface area contributed by atoms with Gasteiger partial charge in [-0.25, -0.2) is 0 Å². The molecule has 118 valence electrons. The van der Waals surface area contributed by atoms with Crippen molar-refractivity contribution in [1.29, 1.82) is 0 Å². The van der Waals surface area contributed by atoms with Crippen LogP contribution in [0.15, 0.2) is 42.5 Å². The molecule has 1 amide bonds. The predicted octanol–water partition coefficient (Wildman–Crippen LogP) is 4.06. The van der Waals surface area contributed by atoms with Crippen LogP contribution in [0.3, 0.4) is 0 Å². The van der Waals surface area contributed by atoms with Crippen LogP contribution < -0.4 is 10.1 Å². The lowest BCUT2D eigenvalue weighted by Gasteiger charge is -2.10. The number of amides is 1. The van der Waals surface area contributed by atoms with Gasteiger partial charge in [-0.15, -0.1) is 0 Å². The lowest BCUT2D eigenvalue weighted by atomic mass is 10.1. The molecular formula is C19H20N2O2. The summed E-state index contributed by atoms with van der Waals surface area (Å²) in [5, 5.41) is 3.94. The van der Waals surface area contributed by atoms with Crippen molar-refractivity contribution in [3.05, 3.63) is 59.3 Å². The summed E-state index contributed by atoms with van der Waals surface area (Å²) in [6, 6.07) is 13.7. The van der Waals surface area contributed by atoms with Gasteiger partial charge in [0.25, 0.3) is 5.91 Å². The first-order chi connectivity index (χ1) is 11.0. The molecule has 0 aliphatic rings. The van der Waals surface area contributed by atoms with E-state index in [4.69, 9.17) is 4.74 Å². The first-order valence-corrected chi connectivity index (χ1v) is 7.52. The third-order valence-electron chi connectivity index (χ3n) is 4.14. The summed E-state index contributed by atoms with van der Waals surface area (Å²) < 4.78 is 7.27. The van der Waals surface area contributed by atoms with Crippen molar-refractivity contribution in [2.45, 2.75) is 13.8 Å². The van der Waals surface area contributed by atoms with Gasteiger partial charge in [0.2, 0.25) is 0 Å². The molecule has 2 aromatic carbocycles. The van der Waals surface area contributed by atoms with Gasteiger partial charge in [0.05, 0.1) is 12.6 Å². The van der Waals surface area contributed by atoms with Crippen LogP contribution in [-0.2, 0) is 7.05 Å². The molecule has 3 rings (SSSR count). The molecule has 0 radical (unpaired) electrons. The van der Waals surface area contributed by atoms with Gasteiger partial charge in [-0.2, -0.15) is 0 Å². The molecule has 0 aliphatic carbocycles. The topological polar surface area (TPSA) is 43.3 Å². The van der Waals surface area contributed by atoms with E-state index in [1.54, 1.807) is 7.11 Å². The largest absolute Gasteiger partial charge is 0.496 e. The monoisotopic (exact) mass is 308 g/mol. The van der Waals surface area contributed by atoms with Crippen molar-refractivity contribution < 1.29 is 9.53 Å². The number of rotatable bonds is 3. The molecule has 3 aromatic rings. The third kappa shape index (κ3) is 2.68. The maximum absolute atomic E-state index is 12.7. The van der Waals surface area contributed by atoms with Crippen LogP contribution in [0.1, 0.15) is 21.6 Å². The number of fused-ring (bicyclic) bond motifs is 1. The van der Waals surface area contributed by atoms with Crippen LogP contribution in [0.4, 0.5) is 5.69 Å². The highest BCUT2D eigenvalue weighted by Gasteiger charge is 2.16. The summed E-state index contributed by atoms with van der Waals surface area (Å²) in [5.41, 5.74) is 4.57. The van der Waals surface area contributed by atoms with E-state index >= 15 is 0 Å². The van der Waals surface area contributed by atoms with Gasteiger partial charge in [-0.05, 0) is 49.2 Å². The Morgan fingerprint density at radius 1 is 1.13 bits per heavy atom. The molecule has 0 spiro atoms. The highest BCUT2D eigenvalue weighted by Crippen LogP contribution is 2.28. The number of aromatic nitrogens is 1. The average Bonchev–Trinajstić information content (AvgIpc) is 2.88. The molecule has 1 N–H and O–H groups in total. The van der Waals surface area contributed by atoms with E-state index < -0.39 is 0 Å². The molecule has 0 saturated heterocycles. The number of aryl methyl sites for hydroxylation is 3. The molecule has 4 nitrogen and oxygen atoms in total. The standard InChI is InChI=1S/C19H20N2O2/c1-12-8-9-13(2)15(10-12)20-19(22)17-11-14-16(21(17)3)6-5-7-18(14)23-4/h5-11H,1-4H3,(H,20,22). The Balaban J connectivity index is 2.01. The molecule has 0 atom stereocenters. The molecule has 23 heavy (non-hydrogen) atoms. The predicted molar refractivity (Wildman–Crippen MR) is 93.3 cm³/mol. The van der Waals surface area contributed by atoms with E-state index in [1.165, 1.54) is 0 Å². The van der Waals surface area contributed by atoms with Gasteiger partial charge >= 0.3 is 0 Å². The summed E-state index contributed by atoms with van der Waals surface area (Å²) in [6.07, 6.45) is 0. The van der Waals surface area contributed by atoms with Gasteiger partial charge in [0, 0.05) is 18.1 Å². The minimum atomic E-state index is -0.126. The first kappa shape index (κ1) is 15.2. The maximum Gasteiger partial charge on any atom is 0.272 e. The highest BCUT2D eigenvalue weighted by atomic mass is 16.5. The van der Waals surface area contributed by atoms with Gasteiger partial charge < -0.3 is 14.6 Å². The van der Waals surface area contributed by atoms with Gasteiger partial charge in [0.1, 0.15) is 11.4 Å². The lowest BCUT2D eigenvalue weighted by molar-refractivity contribution is 0.101. The van der Waals surface area contributed by atoms with E-state index in [-0.39, 0.29) is 5.91 Å². The Morgan fingerprint density at radius 3 is 2.65 bits per heavy atom. The molecule has 0 fully saturated rings. The number of carbonyl (C=O) groups excluding carboxylic acids is 1. The number of hydrogen-bond acceptors (Lipinski definition) is 2. The quantitative estimate of drug-likeness (QED) is 0.793. The number of nitrogens with one attached hydrogen (secondary N) is 1. The smallest absolute Gasteiger partial charge is 0.272 e. The number of methoxy groups -OCH3 is 1. The zero-order valence-corrected chi connectivity index (χ0v) is 13.8. The van der Waals surface area contributed by atoms with E-state index in [0.717, 1.165) is 33.5 Å². The summed E-state index contributed by atoms with van der Waals surface area (Å²) in [5.74, 6) is 0.642. The Bertz CT molecular complexity index is 894. The zero-order chi connectivity index (χ0) is 16.6. The lowest BCUT2D eigenvalue weighted by Crippen LogP contribution is -2.16. The first-order valence-electron chi connectivity index (χ1n) is 7.52. The second-order valence-electron chi connectivity index (χ2n) is 5.75. The fraction of sp³-hybridized carbons (Fsp3) is 0.211. The fourth-order valence-corrected chi connectivity index (χ4v) is 2.79. The zero-order valence-electron chi connectivity index (χ0n) is 13.8. The highest BCUT2D eigenvalue weighted by molar-refractivity contribution is 6.07. The van der Waals surface area contributed by atoms with Gasteiger partial charge in [-0.3, -0.25) is 4.79 Å². The second-order valence-corrected chi connectivity index (χ2v) is 5.75. The molecule has 0 bridgehead atoms. The Kier molecular flexibility index (Phi) is 3.82. The van der Waals surface area contributed by atoms with E-state index in [1.807, 2.05) is 67.9 Å². The summed E-state index contributed by atoms with van der Waals surface area (Å²) in [4.78, 5) is 12.7. The molecule has 1 aromatic heterocycles. The maximum atomic E-state index is 12.7. The van der Waals surface area contributed by atoms with Crippen molar-refractivity contribution in [3.8, 4) is 5.75 Å². The van der Waals surface area contributed by atoms with Gasteiger partial charge in [-0.1, -0.05) is 18.2 Å². The summed E-state index contributed by atoms with van der Waals surface area (Å²) >= 11 is 0. The summed E-state index contributed by atoms with van der Waals surface area (Å²) in [7, 11) is 3.53. The van der Waals surface area contributed by atoms with E-state index in [9.17, 15) is 4.79 Å². The number of nitrogens with zero attached hydrogens (tertiary/aromatic N) is 1. The van der Waals surface area contributed by atoms with Gasteiger partial charge in [0.15, 0.2) is 0 Å². The molecule has 1 heterocycles. The van der Waals surface area contributed by atoms with Crippen molar-refractivity contribution in [2.75, 3.05) is 12.4 Å². The molecule has 0 saturated carbocycles. The Hall–Kier alpha value is -2.75. The normalized spacial score (nSPS) is 10.8. The van der Waals surface area contributed by atoms with Crippen LogP contribution in [0.25, 0.3) is 10.9 Å². The van der Waals surface area contributed by atoms with Crippen molar-refractivity contribution in [1.82, 2.24) is 4.57 Å². The van der Waals surface area contributed by atoms with E-state index in [2.05, 4.69) is 5.32 Å². The van der Waals surface area contributed by atoms with E-state index in [0.29, 0.717) is 5.69 Å². The van der Waals surface area contributed by atoms with Crippen LogP contribution in [0.2, 0.25) is 0 Å². The molecule has 0 aliphatic heterocycles. The average molecular weight is 308 g/mol. The second kappa shape index (κ2) is 5.80. The number of ether oxygens (including phenoxy) is 1. The van der Waals surface area contributed by atoms with Crippen molar-refractivity contribution in [2.24, 2.45) is 7.05 Å². The molecular weight excluding hydrogens is 288 g/mol.